The summed E-state index contributed by atoms with van der Waals surface area (Å²) in [4.78, 5) is 19.7. The maximum atomic E-state index is 13.7. The minimum atomic E-state index is -0.915. The van der Waals surface area contributed by atoms with E-state index in [0.717, 1.165) is 29.8 Å². The highest BCUT2D eigenvalue weighted by Gasteiger charge is 2.50. The monoisotopic (exact) mass is 520 g/mol. The van der Waals surface area contributed by atoms with Crippen LogP contribution < -0.4 is 0 Å². The second-order valence-corrected chi connectivity index (χ2v) is 10.3. The molecule has 2 aromatic carbocycles. The van der Waals surface area contributed by atoms with Gasteiger partial charge in [-0.2, -0.15) is 0 Å². The molecule has 1 aromatic heterocycles. The van der Waals surface area contributed by atoms with Crippen molar-refractivity contribution in [2.75, 3.05) is 6.54 Å². The number of carbonyl (C=O) groups is 1. The average Bonchev–Trinajstić information content (AvgIpc) is 3.12. The fourth-order valence-electron chi connectivity index (χ4n) is 5.59. The first-order chi connectivity index (χ1) is 16.3. The highest BCUT2D eigenvalue weighted by Crippen LogP contribution is 2.53. The number of amides is 1. The number of pyridine rings is 1. The van der Waals surface area contributed by atoms with Gasteiger partial charge in [0.2, 0.25) is 5.91 Å². The summed E-state index contributed by atoms with van der Waals surface area (Å²) in [5.74, 6) is -1.96. The van der Waals surface area contributed by atoms with E-state index in [1.165, 1.54) is 6.07 Å². The quantitative estimate of drug-likeness (QED) is 0.362. The van der Waals surface area contributed by atoms with Crippen molar-refractivity contribution < 1.29 is 13.6 Å². The maximum absolute atomic E-state index is 13.7. The number of rotatable bonds is 4. The van der Waals surface area contributed by atoms with Crippen LogP contribution in [0.25, 0.3) is 0 Å². The molecular weight excluding hydrogens is 501 g/mol. The third-order valence-electron chi connectivity index (χ3n) is 7.07. The van der Waals surface area contributed by atoms with Gasteiger partial charge in [-0.25, -0.2) is 8.78 Å². The molecule has 1 saturated carbocycles. The smallest absolute Gasteiger partial charge is 0.226 e. The zero-order chi connectivity index (χ0) is 24.0. The molecule has 0 unspecified atom stereocenters. The lowest BCUT2D eigenvalue weighted by Gasteiger charge is -2.39. The summed E-state index contributed by atoms with van der Waals surface area (Å²) in [5, 5.41) is 1.70. The fourth-order valence-corrected chi connectivity index (χ4v) is 6.25. The van der Waals surface area contributed by atoms with Crippen LogP contribution in [-0.4, -0.2) is 22.3 Å². The number of likely N-dealkylation sites (tertiary alicyclic amines) is 1. The van der Waals surface area contributed by atoms with Crippen LogP contribution in [0.3, 0.4) is 0 Å². The normalized spacial score (nSPS) is 24.4. The number of fused-ring (bicyclic) bond motifs is 1. The Morgan fingerprint density at radius 2 is 1.68 bits per heavy atom. The Bertz CT molecular complexity index is 1240. The molecule has 8 heteroatoms. The first-order valence-electron chi connectivity index (χ1n) is 11.1. The van der Waals surface area contributed by atoms with Crippen LogP contribution in [0.2, 0.25) is 15.1 Å². The van der Waals surface area contributed by atoms with Gasteiger partial charge in [0.25, 0.3) is 0 Å². The van der Waals surface area contributed by atoms with Gasteiger partial charge < -0.3 is 4.90 Å². The number of hydrogen-bond acceptors (Lipinski definition) is 2. The highest BCUT2D eigenvalue weighted by molar-refractivity contribution is 6.35. The predicted octanol–water partition coefficient (Wildman–Crippen LogP) is 7.26. The summed E-state index contributed by atoms with van der Waals surface area (Å²) >= 11 is 18.8. The lowest BCUT2D eigenvalue weighted by molar-refractivity contribution is -0.132. The standard InChI is InChI=1S/C26H21Cl3F2N2O/c27-15-2-4-17(21(29)10-15)18-5-6-19-20(25(18)24-8-3-16(28)11-32-24)13-33(26(19)34)12-14-1-7-22(30)23(31)9-14/h1-4,7-11,18-20,25H,5-6,12-13H2/t18-,19-,20-,25+/m1/s1. The van der Waals surface area contributed by atoms with Gasteiger partial charge >= 0.3 is 0 Å². The van der Waals surface area contributed by atoms with Crippen molar-refractivity contribution in [1.29, 1.82) is 0 Å². The molecule has 2 heterocycles. The van der Waals surface area contributed by atoms with Crippen molar-refractivity contribution in [3.8, 4) is 0 Å². The zero-order valence-corrected chi connectivity index (χ0v) is 20.3. The van der Waals surface area contributed by atoms with Gasteiger partial charge in [0, 0.05) is 46.9 Å². The van der Waals surface area contributed by atoms with Crippen LogP contribution in [0, 0.1) is 23.5 Å². The van der Waals surface area contributed by atoms with E-state index in [0.29, 0.717) is 33.6 Å². The van der Waals surface area contributed by atoms with E-state index in [9.17, 15) is 13.6 Å². The zero-order valence-electron chi connectivity index (χ0n) is 18.0. The Morgan fingerprint density at radius 1 is 0.912 bits per heavy atom. The third-order valence-corrected chi connectivity index (χ3v) is 7.86. The average molecular weight is 522 g/mol. The van der Waals surface area contributed by atoms with Gasteiger partial charge in [-0.15, -0.1) is 0 Å². The lowest BCUT2D eigenvalue weighted by atomic mass is 9.64. The molecule has 1 saturated heterocycles. The Labute approximate surface area is 211 Å². The summed E-state index contributed by atoms with van der Waals surface area (Å²) in [5.41, 5.74) is 2.40. The summed E-state index contributed by atoms with van der Waals surface area (Å²) in [6.45, 7) is 0.731. The van der Waals surface area contributed by atoms with E-state index in [4.69, 9.17) is 34.8 Å². The van der Waals surface area contributed by atoms with Gasteiger partial charge in [0.05, 0.1) is 5.02 Å². The molecule has 0 spiro atoms. The van der Waals surface area contributed by atoms with Gasteiger partial charge in [-0.1, -0.05) is 46.9 Å². The Kier molecular flexibility index (Phi) is 6.54. The molecule has 1 amide bonds. The SMILES string of the molecule is O=C1[C@@H]2CC[C@H](c3ccc(Cl)cc3Cl)[C@H](c3ccc(Cl)cn3)[C@@H]2CN1Cc1ccc(F)c(F)c1. The fraction of sp³-hybridized carbons (Fsp3) is 0.308. The topological polar surface area (TPSA) is 33.2 Å². The number of nitrogens with zero attached hydrogens (tertiary/aromatic N) is 2. The number of hydrogen-bond donors (Lipinski definition) is 0. The van der Waals surface area contributed by atoms with Crippen molar-refractivity contribution in [2.24, 2.45) is 11.8 Å². The van der Waals surface area contributed by atoms with Crippen LogP contribution in [0.4, 0.5) is 8.78 Å². The minimum Gasteiger partial charge on any atom is -0.338 e. The molecule has 2 aliphatic rings. The van der Waals surface area contributed by atoms with E-state index in [2.05, 4.69) is 4.98 Å². The van der Waals surface area contributed by atoms with Gasteiger partial charge in [-0.3, -0.25) is 9.78 Å². The molecule has 176 valence electrons. The van der Waals surface area contributed by atoms with E-state index in [1.54, 1.807) is 17.2 Å². The second kappa shape index (κ2) is 9.44. The molecule has 0 N–H and O–H groups in total. The molecule has 3 aromatic rings. The molecular formula is C26H21Cl3F2N2O. The number of aromatic nitrogens is 1. The summed E-state index contributed by atoms with van der Waals surface area (Å²) in [7, 11) is 0. The lowest BCUT2D eigenvalue weighted by Crippen LogP contribution is -2.33. The molecule has 1 aliphatic carbocycles. The summed E-state index contributed by atoms with van der Waals surface area (Å²) in [6.07, 6.45) is 3.10. The Morgan fingerprint density at radius 3 is 2.38 bits per heavy atom. The van der Waals surface area contributed by atoms with Crippen molar-refractivity contribution >= 4 is 40.7 Å². The van der Waals surface area contributed by atoms with Crippen LogP contribution in [-0.2, 0) is 11.3 Å². The largest absolute Gasteiger partial charge is 0.338 e. The van der Waals surface area contributed by atoms with E-state index in [1.807, 2.05) is 24.3 Å². The van der Waals surface area contributed by atoms with Crippen molar-refractivity contribution in [3.63, 3.8) is 0 Å². The van der Waals surface area contributed by atoms with Crippen LogP contribution in [0.5, 0.6) is 0 Å². The Balaban J connectivity index is 1.50. The molecule has 3 nitrogen and oxygen atoms in total. The van der Waals surface area contributed by atoms with E-state index >= 15 is 0 Å². The predicted molar refractivity (Wildman–Crippen MR) is 129 cm³/mol. The molecule has 5 rings (SSSR count). The first-order valence-corrected chi connectivity index (χ1v) is 12.2. The van der Waals surface area contributed by atoms with E-state index in [-0.39, 0.29) is 36.1 Å². The van der Waals surface area contributed by atoms with Crippen molar-refractivity contribution in [3.05, 3.63) is 98.3 Å². The van der Waals surface area contributed by atoms with Gasteiger partial charge in [-0.05, 0) is 72.2 Å². The van der Waals surface area contributed by atoms with Crippen molar-refractivity contribution in [1.82, 2.24) is 9.88 Å². The maximum Gasteiger partial charge on any atom is 0.226 e. The molecule has 1 aliphatic heterocycles. The van der Waals surface area contributed by atoms with Gasteiger partial charge in [0.15, 0.2) is 11.6 Å². The summed E-state index contributed by atoms with van der Waals surface area (Å²) < 4.78 is 27.1. The van der Waals surface area contributed by atoms with Crippen LogP contribution >= 0.6 is 34.8 Å². The molecule has 0 radical (unpaired) electrons. The molecule has 0 bridgehead atoms. The minimum absolute atomic E-state index is 0.00281. The number of benzene rings is 2. The third kappa shape index (κ3) is 4.41. The molecule has 4 atom stereocenters. The van der Waals surface area contributed by atoms with Crippen LogP contribution in [0.15, 0.2) is 54.7 Å². The second-order valence-electron chi connectivity index (χ2n) is 9.01. The summed E-state index contributed by atoms with van der Waals surface area (Å²) in [6, 6.07) is 13.0. The Hall–Kier alpha value is -2.21. The number of halogens is 5. The van der Waals surface area contributed by atoms with Crippen LogP contribution in [0.1, 0.15) is 41.5 Å². The number of carbonyl (C=O) groups excluding carboxylic acids is 1. The van der Waals surface area contributed by atoms with Gasteiger partial charge in [0.1, 0.15) is 0 Å². The molecule has 34 heavy (non-hydrogen) atoms. The molecule has 2 fully saturated rings. The van der Waals surface area contributed by atoms with Crippen molar-refractivity contribution in [2.45, 2.75) is 31.2 Å². The van der Waals surface area contributed by atoms with E-state index < -0.39 is 11.6 Å². The first kappa shape index (κ1) is 23.5. The highest BCUT2D eigenvalue weighted by atomic mass is 35.5.